The molecular formula is C10H11NO2S. The van der Waals surface area contributed by atoms with Gasteiger partial charge >= 0.3 is 0 Å². The Labute approximate surface area is 85.3 Å². The molecule has 2 rings (SSSR count). The molecule has 0 aromatic heterocycles. The van der Waals surface area contributed by atoms with E-state index in [0.717, 1.165) is 4.90 Å². The third kappa shape index (κ3) is 1.91. The second kappa shape index (κ2) is 3.63. The number of hydrogen-bond donors (Lipinski definition) is 0. The van der Waals surface area contributed by atoms with Crippen LogP contribution in [0.2, 0.25) is 0 Å². The Morgan fingerprint density at radius 2 is 2.07 bits per heavy atom. The van der Waals surface area contributed by atoms with Gasteiger partial charge in [0, 0.05) is 12.0 Å². The monoisotopic (exact) mass is 209 g/mol. The van der Waals surface area contributed by atoms with Crippen LogP contribution in [0.4, 0.5) is 0 Å². The topological polar surface area (TPSA) is 38.7 Å². The molecule has 0 bridgehead atoms. The molecule has 74 valence electrons. The highest BCUT2D eigenvalue weighted by atomic mass is 32.2. The summed E-state index contributed by atoms with van der Waals surface area (Å²) in [4.78, 5) is 4.80. The minimum Gasteiger partial charge on any atom is -0.351 e. The predicted octanol–water partition coefficient (Wildman–Crippen LogP) is 1.22. The average Bonchev–Trinajstić information content (AvgIpc) is 3.00. The van der Waals surface area contributed by atoms with Crippen molar-refractivity contribution in [1.29, 1.82) is 0 Å². The normalized spacial score (nSPS) is 26.1. The zero-order chi connectivity index (χ0) is 10.0. The van der Waals surface area contributed by atoms with Crippen LogP contribution in [0.3, 0.4) is 0 Å². The van der Waals surface area contributed by atoms with Crippen LogP contribution in [0.15, 0.2) is 40.2 Å². The number of ether oxygens (including phenoxy) is 1. The Bertz CT molecular complexity index is 369. The van der Waals surface area contributed by atoms with Crippen molar-refractivity contribution in [2.45, 2.75) is 10.6 Å². The maximum absolute atomic E-state index is 11.8. The molecule has 0 fully saturated rings. The van der Waals surface area contributed by atoms with Crippen molar-refractivity contribution in [2.24, 2.45) is 4.99 Å². The van der Waals surface area contributed by atoms with Crippen molar-refractivity contribution in [2.75, 3.05) is 12.9 Å². The predicted molar refractivity (Wildman–Crippen MR) is 55.9 cm³/mol. The fourth-order valence-electron chi connectivity index (χ4n) is 1.15. The summed E-state index contributed by atoms with van der Waals surface area (Å²) < 4.78 is 16.9. The SMILES string of the molecule is COC1(CS(=O)c2ccccc2)C=N1. The summed E-state index contributed by atoms with van der Waals surface area (Å²) >= 11 is 0. The van der Waals surface area contributed by atoms with Crippen LogP contribution >= 0.6 is 0 Å². The molecular weight excluding hydrogens is 198 g/mol. The van der Waals surface area contributed by atoms with E-state index in [2.05, 4.69) is 4.99 Å². The molecule has 1 aliphatic rings. The van der Waals surface area contributed by atoms with E-state index in [0.29, 0.717) is 5.75 Å². The van der Waals surface area contributed by atoms with Crippen LogP contribution in [-0.4, -0.2) is 29.0 Å². The first-order valence-electron chi connectivity index (χ1n) is 4.31. The Balaban J connectivity index is 2.04. The van der Waals surface area contributed by atoms with E-state index < -0.39 is 16.5 Å². The molecule has 1 heterocycles. The highest BCUT2D eigenvalue weighted by Gasteiger charge is 2.38. The largest absolute Gasteiger partial charge is 0.351 e. The molecule has 14 heavy (non-hydrogen) atoms. The van der Waals surface area contributed by atoms with Crippen molar-refractivity contribution >= 4 is 17.0 Å². The van der Waals surface area contributed by atoms with Crippen molar-refractivity contribution < 1.29 is 8.95 Å². The van der Waals surface area contributed by atoms with E-state index in [4.69, 9.17) is 4.74 Å². The van der Waals surface area contributed by atoms with E-state index >= 15 is 0 Å². The number of rotatable bonds is 4. The van der Waals surface area contributed by atoms with E-state index in [1.54, 1.807) is 13.3 Å². The Kier molecular flexibility index (Phi) is 2.48. The number of nitrogens with zero attached hydrogens (tertiary/aromatic N) is 1. The van der Waals surface area contributed by atoms with Crippen LogP contribution in [0, 0.1) is 0 Å². The lowest BCUT2D eigenvalue weighted by Crippen LogP contribution is -2.24. The molecule has 0 amide bonds. The van der Waals surface area contributed by atoms with Gasteiger partial charge in [-0.15, -0.1) is 0 Å². The first kappa shape index (κ1) is 9.55. The van der Waals surface area contributed by atoms with Gasteiger partial charge in [-0.05, 0) is 12.1 Å². The molecule has 3 nitrogen and oxygen atoms in total. The van der Waals surface area contributed by atoms with Crippen LogP contribution < -0.4 is 0 Å². The molecule has 1 aromatic carbocycles. The van der Waals surface area contributed by atoms with Crippen LogP contribution in [0.1, 0.15) is 0 Å². The minimum atomic E-state index is -1.04. The lowest BCUT2D eigenvalue weighted by Gasteiger charge is -2.10. The maximum Gasteiger partial charge on any atom is 0.206 e. The van der Waals surface area contributed by atoms with Crippen LogP contribution in [0.5, 0.6) is 0 Å². The summed E-state index contributed by atoms with van der Waals surface area (Å²) in [6.07, 6.45) is 1.69. The Morgan fingerprint density at radius 1 is 1.43 bits per heavy atom. The molecule has 0 saturated carbocycles. The van der Waals surface area contributed by atoms with Gasteiger partial charge in [-0.3, -0.25) is 9.20 Å². The van der Waals surface area contributed by atoms with Gasteiger partial charge in [0.05, 0.1) is 22.8 Å². The van der Waals surface area contributed by atoms with E-state index in [1.165, 1.54) is 0 Å². The Morgan fingerprint density at radius 3 is 2.57 bits per heavy atom. The van der Waals surface area contributed by atoms with Gasteiger partial charge in [-0.25, -0.2) is 0 Å². The maximum atomic E-state index is 11.8. The van der Waals surface area contributed by atoms with Gasteiger partial charge in [0.15, 0.2) is 0 Å². The van der Waals surface area contributed by atoms with E-state index in [-0.39, 0.29) is 0 Å². The van der Waals surface area contributed by atoms with Gasteiger partial charge in [-0.1, -0.05) is 18.2 Å². The standard InChI is InChI=1S/C10H11NO2S/c1-13-10(7-11-10)8-14(12)9-5-3-2-4-6-9/h2-7H,8H2,1H3. The summed E-state index contributed by atoms with van der Waals surface area (Å²) in [7, 11) is 0.538. The average molecular weight is 209 g/mol. The van der Waals surface area contributed by atoms with E-state index in [1.807, 2.05) is 30.3 Å². The quantitative estimate of drug-likeness (QED) is 0.748. The lowest BCUT2D eigenvalue weighted by atomic mass is 10.4. The molecule has 0 radical (unpaired) electrons. The smallest absolute Gasteiger partial charge is 0.206 e. The first-order valence-corrected chi connectivity index (χ1v) is 5.63. The van der Waals surface area contributed by atoms with Gasteiger partial charge in [0.25, 0.3) is 0 Å². The van der Waals surface area contributed by atoms with Crippen LogP contribution in [0.25, 0.3) is 0 Å². The van der Waals surface area contributed by atoms with Gasteiger partial charge in [0.1, 0.15) is 0 Å². The summed E-state index contributed by atoms with van der Waals surface area (Å²) in [5, 5.41) is 0. The van der Waals surface area contributed by atoms with Gasteiger partial charge in [-0.2, -0.15) is 0 Å². The molecule has 1 aromatic rings. The minimum absolute atomic E-state index is 0.410. The number of hydrogen-bond acceptors (Lipinski definition) is 3. The lowest BCUT2D eigenvalue weighted by molar-refractivity contribution is 0.112. The zero-order valence-corrected chi connectivity index (χ0v) is 8.66. The van der Waals surface area contributed by atoms with Crippen molar-refractivity contribution in [1.82, 2.24) is 0 Å². The third-order valence-electron chi connectivity index (χ3n) is 2.11. The zero-order valence-electron chi connectivity index (χ0n) is 7.84. The Hall–Kier alpha value is -1.00. The fourth-order valence-corrected chi connectivity index (χ4v) is 2.42. The summed E-state index contributed by atoms with van der Waals surface area (Å²) in [6, 6.07) is 9.35. The molecule has 4 heteroatoms. The van der Waals surface area contributed by atoms with Gasteiger partial charge < -0.3 is 4.74 Å². The van der Waals surface area contributed by atoms with Crippen molar-refractivity contribution in [3.63, 3.8) is 0 Å². The summed E-state index contributed by atoms with van der Waals surface area (Å²) in [5.74, 6) is 0.410. The number of aliphatic imine (C=N–C) groups is 1. The van der Waals surface area contributed by atoms with Crippen molar-refractivity contribution in [3.8, 4) is 0 Å². The summed E-state index contributed by atoms with van der Waals surface area (Å²) in [6.45, 7) is 0. The fraction of sp³-hybridized carbons (Fsp3) is 0.300. The molecule has 0 saturated heterocycles. The second-order valence-corrected chi connectivity index (χ2v) is 4.56. The van der Waals surface area contributed by atoms with Gasteiger partial charge in [0.2, 0.25) is 5.72 Å². The number of benzene rings is 1. The first-order chi connectivity index (χ1) is 6.76. The molecule has 0 aliphatic carbocycles. The van der Waals surface area contributed by atoms with Crippen molar-refractivity contribution in [3.05, 3.63) is 30.3 Å². The molecule has 2 unspecified atom stereocenters. The molecule has 0 spiro atoms. The molecule has 1 aliphatic heterocycles. The molecule has 2 atom stereocenters. The summed E-state index contributed by atoms with van der Waals surface area (Å²) in [5.41, 5.74) is -0.583. The highest BCUT2D eigenvalue weighted by molar-refractivity contribution is 7.85. The van der Waals surface area contributed by atoms with E-state index in [9.17, 15) is 4.21 Å². The highest BCUT2D eigenvalue weighted by Crippen LogP contribution is 2.24. The number of methoxy groups -OCH3 is 1. The second-order valence-electron chi connectivity index (χ2n) is 3.11. The van der Waals surface area contributed by atoms with Crippen LogP contribution in [-0.2, 0) is 15.5 Å². The third-order valence-corrected chi connectivity index (χ3v) is 3.59. The molecule has 0 N–H and O–H groups in total.